The predicted molar refractivity (Wildman–Crippen MR) is 83.6 cm³/mol. The first-order valence-electron chi connectivity index (χ1n) is 7.56. The van der Waals surface area contributed by atoms with Crippen LogP contribution in [0.15, 0.2) is 18.2 Å². The van der Waals surface area contributed by atoms with E-state index in [-0.39, 0.29) is 0 Å². The van der Waals surface area contributed by atoms with Crippen LogP contribution < -0.4 is 4.90 Å². The second-order valence-electron chi connectivity index (χ2n) is 6.45. The third kappa shape index (κ3) is 3.29. The summed E-state index contributed by atoms with van der Waals surface area (Å²) in [7, 11) is 4.33. The quantitative estimate of drug-likeness (QED) is 0.907. The summed E-state index contributed by atoms with van der Waals surface area (Å²) in [5.41, 5.74) is 3.49. The van der Waals surface area contributed by atoms with E-state index in [0.717, 1.165) is 17.9 Å². The molecular formula is C16H26N5+. The zero-order valence-electron chi connectivity index (χ0n) is 13.9. The van der Waals surface area contributed by atoms with Crippen LogP contribution in [0.2, 0.25) is 0 Å². The van der Waals surface area contributed by atoms with Gasteiger partial charge in [0.15, 0.2) is 0 Å². The van der Waals surface area contributed by atoms with Crippen LogP contribution in [0.4, 0.5) is 0 Å². The zero-order chi connectivity index (χ0) is 15.6. The molecule has 0 spiro atoms. The molecule has 21 heavy (non-hydrogen) atoms. The van der Waals surface area contributed by atoms with Crippen molar-refractivity contribution >= 4 is 0 Å². The van der Waals surface area contributed by atoms with Crippen molar-refractivity contribution < 1.29 is 4.90 Å². The monoisotopic (exact) mass is 288 g/mol. The van der Waals surface area contributed by atoms with Gasteiger partial charge in [0.1, 0.15) is 6.04 Å². The van der Waals surface area contributed by atoms with E-state index in [1.165, 1.54) is 16.0 Å². The molecule has 5 heteroatoms. The third-order valence-electron chi connectivity index (χ3n) is 3.86. The molecule has 0 fully saturated rings. The summed E-state index contributed by atoms with van der Waals surface area (Å²) >= 11 is 0. The average Bonchev–Trinajstić information content (AvgIpc) is 2.84. The van der Waals surface area contributed by atoms with Gasteiger partial charge in [0.05, 0.1) is 19.8 Å². The lowest BCUT2D eigenvalue weighted by atomic mass is 10.0. The highest BCUT2D eigenvalue weighted by Crippen LogP contribution is 2.22. The van der Waals surface area contributed by atoms with Crippen molar-refractivity contribution in [3.05, 3.63) is 35.2 Å². The third-order valence-corrected chi connectivity index (χ3v) is 3.86. The molecule has 0 aliphatic rings. The number of benzene rings is 1. The largest absolute Gasteiger partial charge is 0.331 e. The molecule has 2 aromatic rings. The van der Waals surface area contributed by atoms with Crippen LogP contribution in [0.1, 0.15) is 43.3 Å². The van der Waals surface area contributed by atoms with Crippen molar-refractivity contribution in [3.8, 4) is 5.69 Å². The Morgan fingerprint density at radius 2 is 1.76 bits per heavy atom. The Kier molecular flexibility index (Phi) is 4.73. The number of aryl methyl sites for hydroxylation is 2. The molecule has 2 rings (SSSR count). The first-order valence-corrected chi connectivity index (χ1v) is 7.56. The number of hydrogen-bond acceptors (Lipinski definition) is 3. The minimum absolute atomic E-state index is 0.291. The summed E-state index contributed by atoms with van der Waals surface area (Å²) in [4.78, 5) is 1.35. The van der Waals surface area contributed by atoms with E-state index in [2.05, 4.69) is 75.5 Å². The minimum Gasteiger partial charge on any atom is -0.331 e. The SMILES string of the molecule is Cc1cccc(C)c1-n1nnnc1[C@@H](CC(C)C)[NH+](C)C. The normalized spacial score (nSPS) is 13.1. The Morgan fingerprint density at radius 1 is 1.14 bits per heavy atom. The number of nitrogens with one attached hydrogen (secondary N) is 1. The van der Waals surface area contributed by atoms with Crippen LogP contribution >= 0.6 is 0 Å². The first-order chi connectivity index (χ1) is 9.91. The maximum atomic E-state index is 4.33. The van der Waals surface area contributed by atoms with E-state index < -0.39 is 0 Å². The lowest BCUT2D eigenvalue weighted by Gasteiger charge is -2.22. The molecule has 1 heterocycles. The lowest BCUT2D eigenvalue weighted by Crippen LogP contribution is -3.06. The van der Waals surface area contributed by atoms with Crippen LogP contribution in [0, 0.1) is 19.8 Å². The lowest BCUT2D eigenvalue weighted by molar-refractivity contribution is -0.894. The molecule has 5 nitrogen and oxygen atoms in total. The standard InChI is InChI=1S/C16H25N5/c1-11(2)10-14(20(5)6)16-17-18-19-21(16)15-12(3)8-7-9-13(15)4/h7-9,11,14H,10H2,1-6H3/p+1/t14-/m1/s1. The Hall–Kier alpha value is -1.75. The van der Waals surface area contributed by atoms with Crippen molar-refractivity contribution in [2.45, 2.75) is 40.2 Å². The molecule has 1 N–H and O–H groups in total. The summed E-state index contributed by atoms with van der Waals surface area (Å²) in [5, 5.41) is 12.5. The number of aromatic nitrogens is 4. The molecule has 0 saturated heterocycles. The van der Waals surface area contributed by atoms with Crippen LogP contribution in [-0.4, -0.2) is 34.3 Å². The van der Waals surface area contributed by atoms with E-state index in [0.29, 0.717) is 12.0 Å². The average molecular weight is 288 g/mol. The minimum atomic E-state index is 0.291. The molecule has 1 aromatic carbocycles. The van der Waals surface area contributed by atoms with Gasteiger partial charge in [-0.15, -0.1) is 5.10 Å². The number of hydrogen-bond donors (Lipinski definition) is 1. The maximum absolute atomic E-state index is 4.33. The van der Waals surface area contributed by atoms with Crippen LogP contribution in [-0.2, 0) is 0 Å². The Morgan fingerprint density at radius 3 is 2.29 bits per heavy atom. The van der Waals surface area contributed by atoms with Gasteiger partial charge in [-0.05, 0) is 41.3 Å². The number of tetrazole rings is 1. The van der Waals surface area contributed by atoms with Gasteiger partial charge in [-0.1, -0.05) is 32.0 Å². The molecule has 0 aliphatic carbocycles. The van der Waals surface area contributed by atoms with Gasteiger partial charge in [-0.25, -0.2) is 0 Å². The highest BCUT2D eigenvalue weighted by molar-refractivity contribution is 5.46. The first kappa shape index (κ1) is 15.6. The van der Waals surface area contributed by atoms with E-state index in [4.69, 9.17) is 0 Å². The molecular weight excluding hydrogens is 262 g/mol. The van der Waals surface area contributed by atoms with Gasteiger partial charge in [0.25, 0.3) is 0 Å². The van der Waals surface area contributed by atoms with Gasteiger partial charge in [-0.3, -0.25) is 0 Å². The number of para-hydroxylation sites is 1. The number of nitrogens with zero attached hydrogens (tertiary/aromatic N) is 4. The molecule has 0 unspecified atom stereocenters. The molecule has 0 aliphatic heterocycles. The summed E-state index contributed by atoms with van der Waals surface area (Å²) in [6.45, 7) is 8.69. The van der Waals surface area contributed by atoms with Crippen LogP contribution in [0.5, 0.6) is 0 Å². The topological polar surface area (TPSA) is 48.0 Å². The van der Waals surface area contributed by atoms with Crippen LogP contribution in [0.3, 0.4) is 0 Å². The molecule has 114 valence electrons. The van der Waals surface area contributed by atoms with E-state index >= 15 is 0 Å². The number of quaternary nitrogens is 1. The highest BCUT2D eigenvalue weighted by atomic mass is 15.6. The van der Waals surface area contributed by atoms with E-state index in [9.17, 15) is 0 Å². The van der Waals surface area contributed by atoms with Gasteiger partial charge in [0, 0.05) is 6.42 Å². The summed E-state index contributed by atoms with van der Waals surface area (Å²) in [6, 6.07) is 6.57. The second-order valence-corrected chi connectivity index (χ2v) is 6.45. The maximum Gasteiger partial charge on any atom is 0.214 e. The molecule has 0 saturated carbocycles. The van der Waals surface area contributed by atoms with Gasteiger partial charge < -0.3 is 4.90 Å². The van der Waals surface area contributed by atoms with Crippen molar-refractivity contribution in [1.82, 2.24) is 20.2 Å². The molecule has 0 bridgehead atoms. The number of rotatable bonds is 5. The fraction of sp³-hybridized carbons (Fsp3) is 0.562. The highest BCUT2D eigenvalue weighted by Gasteiger charge is 2.27. The van der Waals surface area contributed by atoms with Crippen molar-refractivity contribution in [2.24, 2.45) is 5.92 Å². The fourth-order valence-corrected chi connectivity index (χ4v) is 2.78. The van der Waals surface area contributed by atoms with E-state index in [1.54, 1.807) is 0 Å². The van der Waals surface area contributed by atoms with Crippen molar-refractivity contribution in [1.29, 1.82) is 0 Å². The van der Waals surface area contributed by atoms with E-state index in [1.807, 2.05) is 4.68 Å². The summed E-state index contributed by atoms with van der Waals surface area (Å²) in [5.74, 6) is 1.55. The Labute approximate surface area is 127 Å². The van der Waals surface area contributed by atoms with Crippen LogP contribution in [0.25, 0.3) is 5.69 Å². The Bertz CT molecular complexity index is 580. The molecule has 0 amide bonds. The van der Waals surface area contributed by atoms with Gasteiger partial charge >= 0.3 is 0 Å². The summed E-state index contributed by atoms with van der Waals surface area (Å²) < 4.78 is 1.92. The molecule has 0 radical (unpaired) electrons. The van der Waals surface area contributed by atoms with Crippen molar-refractivity contribution in [3.63, 3.8) is 0 Å². The van der Waals surface area contributed by atoms with Gasteiger partial charge in [-0.2, -0.15) is 4.68 Å². The zero-order valence-corrected chi connectivity index (χ0v) is 13.9. The predicted octanol–water partition coefficient (Wildman–Crippen LogP) is 1.51. The second kappa shape index (κ2) is 6.35. The Balaban J connectivity index is 2.51. The van der Waals surface area contributed by atoms with Gasteiger partial charge in [0.2, 0.25) is 5.82 Å². The molecule has 1 atom stereocenters. The fourth-order valence-electron chi connectivity index (χ4n) is 2.78. The molecule has 1 aromatic heterocycles. The van der Waals surface area contributed by atoms with Crippen molar-refractivity contribution in [2.75, 3.05) is 14.1 Å². The summed E-state index contributed by atoms with van der Waals surface area (Å²) in [6.07, 6.45) is 1.06. The smallest absolute Gasteiger partial charge is 0.214 e.